The quantitative estimate of drug-likeness (QED) is 0.321. The lowest BCUT2D eigenvalue weighted by atomic mass is 10.1. The minimum Gasteiger partial charge on any atom is -0.503 e. The Labute approximate surface area is 214 Å². The second kappa shape index (κ2) is 10.6. The van der Waals surface area contributed by atoms with Gasteiger partial charge >= 0.3 is 0 Å². The fourth-order valence-electron chi connectivity index (χ4n) is 3.13. The van der Waals surface area contributed by atoms with E-state index in [0.717, 1.165) is 5.56 Å². The predicted octanol–water partition coefficient (Wildman–Crippen LogP) is 6.13. The van der Waals surface area contributed by atoms with Crippen LogP contribution in [0.25, 0.3) is 22.4 Å². The standard InChI is InChI=1S/2C12H9Cl2NO2/c1-15-6-7(4-11(16)12(15)17)9-3-2-8(13)5-10(9)14;1-15-10(4-5-11(16)12(15)17)7-2-3-8(13)9(14)6-7/h2*2-6,16H,1H3. The highest BCUT2D eigenvalue weighted by molar-refractivity contribution is 6.42. The summed E-state index contributed by atoms with van der Waals surface area (Å²) in [5.41, 5.74) is 1.89. The van der Waals surface area contributed by atoms with Gasteiger partial charge in [-0.15, -0.1) is 0 Å². The van der Waals surface area contributed by atoms with Crippen LogP contribution in [0.15, 0.2) is 70.4 Å². The van der Waals surface area contributed by atoms with Crippen molar-refractivity contribution in [1.29, 1.82) is 0 Å². The largest absolute Gasteiger partial charge is 0.503 e. The van der Waals surface area contributed by atoms with Crippen molar-refractivity contribution < 1.29 is 10.2 Å². The summed E-state index contributed by atoms with van der Waals surface area (Å²) in [5.74, 6) is -0.590. The lowest BCUT2D eigenvalue weighted by Crippen LogP contribution is -2.17. The second-order valence-corrected chi connectivity index (χ2v) is 8.91. The van der Waals surface area contributed by atoms with Gasteiger partial charge in [0.05, 0.1) is 15.7 Å². The van der Waals surface area contributed by atoms with E-state index >= 15 is 0 Å². The fourth-order valence-corrected chi connectivity index (χ4v) is 3.95. The summed E-state index contributed by atoms with van der Waals surface area (Å²) in [6.45, 7) is 0. The van der Waals surface area contributed by atoms with E-state index in [-0.39, 0.29) is 11.5 Å². The van der Waals surface area contributed by atoms with Crippen molar-refractivity contribution in [1.82, 2.24) is 9.13 Å². The van der Waals surface area contributed by atoms with Crippen LogP contribution in [-0.4, -0.2) is 19.3 Å². The van der Waals surface area contributed by atoms with Gasteiger partial charge in [0.1, 0.15) is 0 Å². The minimum atomic E-state index is -0.450. The van der Waals surface area contributed by atoms with E-state index in [1.54, 1.807) is 62.8 Å². The molecule has 6 nitrogen and oxygen atoms in total. The van der Waals surface area contributed by atoms with Crippen LogP contribution in [-0.2, 0) is 14.1 Å². The van der Waals surface area contributed by atoms with Gasteiger partial charge in [0, 0.05) is 41.5 Å². The molecule has 0 amide bonds. The van der Waals surface area contributed by atoms with Crippen LogP contribution in [0, 0.1) is 0 Å². The number of aryl methyl sites for hydroxylation is 1. The third kappa shape index (κ3) is 5.59. The average Bonchev–Trinajstić information content (AvgIpc) is 2.78. The van der Waals surface area contributed by atoms with Gasteiger partial charge in [0.15, 0.2) is 11.5 Å². The SMILES string of the molecule is Cn1c(-c2ccc(Cl)c(Cl)c2)ccc(O)c1=O.Cn1cc(-c2ccc(Cl)cc2Cl)cc(O)c1=O. The smallest absolute Gasteiger partial charge is 0.292 e. The van der Waals surface area contributed by atoms with E-state index in [2.05, 4.69) is 0 Å². The van der Waals surface area contributed by atoms with E-state index in [1.165, 1.54) is 21.3 Å². The van der Waals surface area contributed by atoms with Crippen molar-refractivity contribution in [2.45, 2.75) is 0 Å². The second-order valence-electron chi connectivity index (χ2n) is 7.25. The number of nitrogens with zero attached hydrogens (tertiary/aromatic N) is 2. The number of pyridine rings is 2. The van der Waals surface area contributed by atoms with Gasteiger partial charge in [-0.1, -0.05) is 58.5 Å². The summed E-state index contributed by atoms with van der Waals surface area (Å²) in [4.78, 5) is 22.9. The van der Waals surface area contributed by atoms with Gasteiger partial charge in [-0.2, -0.15) is 0 Å². The average molecular weight is 540 g/mol. The molecule has 0 aliphatic rings. The molecule has 0 spiro atoms. The molecule has 2 aromatic carbocycles. The first-order chi connectivity index (χ1) is 16.0. The lowest BCUT2D eigenvalue weighted by Gasteiger charge is -2.09. The first-order valence-corrected chi connectivity index (χ1v) is 11.2. The van der Waals surface area contributed by atoms with Crippen LogP contribution in [0.2, 0.25) is 20.1 Å². The Balaban J connectivity index is 0.000000191. The van der Waals surface area contributed by atoms with Gasteiger partial charge in [0.2, 0.25) is 0 Å². The van der Waals surface area contributed by atoms with E-state index < -0.39 is 11.1 Å². The molecule has 2 aromatic heterocycles. The molecule has 0 aliphatic carbocycles. The Kier molecular flexibility index (Phi) is 8.00. The maximum absolute atomic E-state index is 11.6. The zero-order valence-electron chi connectivity index (χ0n) is 17.9. The van der Waals surface area contributed by atoms with Gasteiger partial charge in [0.25, 0.3) is 11.1 Å². The number of hydrogen-bond acceptors (Lipinski definition) is 4. The molecule has 0 saturated heterocycles. The van der Waals surface area contributed by atoms with Crippen LogP contribution in [0.5, 0.6) is 11.5 Å². The van der Waals surface area contributed by atoms with Crippen LogP contribution in [0.1, 0.15) is 0 Å². The van der Waals surface area contributed by atoms with Crippen LogP contribution in [0.3, 0.4) is 0 Å². The highest BCUT2D eigenvalue weighted by atomic mass is 35.5. The molecule has 2 heterocycles. The molecule has 10 heteroatoms. The van der Waals surface area contributed by atoms with Crippen LogP contribution >= 0.6 is 46.4 Å². The highest BCUT2D eigenvalue weighted by Gasteiger charge is 2.09. The Bertz CT molecular complexity index is 1470. The van der Waals surface area contributed by atoms with Gasteiger partial charge in [-0.05, 0) is 48.0 Å². The molecule has 0 fully saturated rings. The van der Waals surface area contributed by atoms with E-state index in [1.807, 2.05) is 0 Å². The maximum Gasteiger partial charge on any atom is 0.292 e. The molecule has 0 bridgehead atoms. The Morgan fingerprint density at radius 2 is 1.38 bits per heavy atom. The summed E-state index contributed by atoms with van der Waals surface area (Å²) >= 11 is 23.6. The number of hydrogen-bond donors (Lipinski definition) is 2. The Morgan fingerprint density at radius 3 is 2.00 bits per heavy atom. The summed E-state index contributed by atoms with van der Waals surface area (Å²) in [7, 11) is 3.15. The van der Waals surface area contributed by atoms with Gasteiger partial charge < -0.3 is 19.3 Å². The van der Waals surface area contributed by atoms with Gasteiger partial charge in [-0.25, -0.2) is 0 Å². The zero-order valence-corrected chi connectivity index (χ0v) is 20.9. The van der Waals surface area contributed by atoms with Crippen molar-refractivity contribution in [2.75, 3.05) is 0 Å². The fraction of sp³-hybridized carbons (Fsp3) is 0.0833. The zero-order chi connectivity index (χ0) is 25.2. The minimum absolute atomic E-state index is 0.281. The lowest BCUT2D eigenvalue weighted by molar-refractivity contribution is 0.461. The first kappa shape index (κ1) is 25.7. The number of aromatic hydroxyl groups is 2. The molecule has 0 aliphatic heterocycles. The molecule has 0 saturated carbocycles. The van der Waals surface area contributed by atoms with Gasteiger partial charge in [-0.3, -0.25) is 9.59 Å². The summed E-state index contributed by atoms with van der Waals surface area (Å²) in [6, 6.07) is 14.6. The topological polar surface area (TPSA) is 84.5 Å². The number of halogens is 4. The van der Waals surface area contributed by atoms with Crippen molar-refractivity contribution >= 4 is 46.4 Å². The normalized spacial score (nSPS) is 10.5. The molecule has 34 heavy (non-hydrogen) atoms. The van der Waals surface area contributed by atoms with E-state index in [9.17, 15) is 19.8 Å². The van der Waals surface area contributed by atoms with E-state index in [0.29, 0.717) is 36.9 Å². The Hall–Kier alpha value is -2.90. The number of benzene rings is 2. The molecular formula is C24H18Cl4N2O4. The summed E-state index contributed by atoms with van der Waals surface area (Å²) in [5, 5.41) is 20.7. The third-order valence-electron chi connectivity index (χ3n) is 4.91. The molecule has 4 rings (SSSR count). The maximum atomic E-state index is 11.6. The highest BCUT2D eigenvalue weighted by Crippen LogP contribution is 2.31. The van der Waals surface area contributed by atoms with Crippen molar-refractivity contribution in [3.05, 3.63) is 102 Å². The number of rotatable bonds is 2. The number of aromatic nitrogens is 2. The molecule has 0 radical (unpaired) electrons. The molecule has 4 aromatic rings. The molecule has 2 N–H and O–H groups in total. The predicted molar refractivity (Wildman–Crippen MR) is 138 cm³/mol. The molecular weight excluding hydrogens is 522 g/mol. The molecule has 0 atom stereocenters. The monoisotopic (exact) mass is 538 g/mol. The van der Waals surface area contributed by atoms with Crippen molar-refractivity contribution in [3.8, 4) is 33.9 Å². The first-order valence-electron chi connectivity index (χ1n) is 9.69. The summed E-state index contributed by atoms with van der Waals surface area (Å²) in [6.07, 6.45) is 1.61. The van der Waals surface area contributed by atoms with Crippen molar-refractivity contribution in [2.24, 2.45) is 14.1 Å². The van der Waals surface area contributed by atoms with Crippen LogP contribution < -0.4 is 11.1 Å². The molecule has 176 valence electrons. The Morgan fingerprint density at radius 1 is 0.676 bits per heavy atom. The van der Waals surface area contributed by atoms with Crippen molar-refractivity contribution in [3.63, 3.8) is 0 Å². The third-order valence-corrected chi connectivity index (χ3v) is 6.19. The van der Waals surface area contributed by atoms with Crippen LogP contribution in [0.4, 0.5) is 0 Å². The van der Waals surface area contributed by atoms with E-state index in [4.69, 9.17) is 46.4 Å². The molecule has 0 unspecified atom stereocenters. The summed E-state index contributed by atoms with van der Waals surface area (Å²) < 4.78 is 2.66.